The summed E-state index contributed by atoms with van der Waals surface area (Å²) >= 11 is 2.73. The van der Waals surface area contributed by atoms with Gasteiger partial charge in [0.15, 0.2) is 11.8 Å². The maximum Gasteiger partial charge on any atom is 0.357 e. The lowest BCUT2D eigenvalue weighted by molar-refractivity contribution is -0.153. The van der Waals surface area contributed by atoms with Crippen molar-refractivity contribution in [2.75, 3.05) is 5.75 Å². The summed E-state index contributed by atoms with van der Waals surface area (Å²) in [4.78, 5) is 40.7. The number of ether oxygens (including phenoxy) is 1. The Morgan fingerprint density at radius 2 is 1.61 bits per heavy atom. The molecule has 1 unspecified atom stereocenters. The van der Waals surface area contributed by atoms with Crippen molar-refractivity contribution in [1.82, 2.24) is 10.2 Å². The third kappa shape index (κ3) is 5.19. The van der Waals surface area contributed by atoms with Crippen LogP contribution < -0.4 is 11.1 Å². The molecule has 0 spiro atoms. The zero-order chi connectivity index (χ0) is 25.1. The Morgan fingerprint density at radius 1 is 1.00 bits per heavy atom. The van der Waals surface area contributed by atoms with Gasteiger partial charge in [0.1, 0.15) is 11.4 Å². The van der Waals surface area contributed by atoms with Gasteiger partial charge in [0, 0.05) is 11.0 Å². The highest BCUT2D eigenvalue weighted by atomic mass is 32.2. The quantitative estimate of drug-likeness (QED) is 0.423. The molecule has 1 saturated carbocycles. The molecule has 1 aliphatic carbocycles. The van der Waals surface area contributed by atoms with Gasteiger partial charge in [-0.1, -0.05) is 91.7 Å². The van der Waals surface area contributed by atoms with Gasteiger partial charge in [0.05, 0.1) is 5.70 Å². The molecule has 2 aromatic carbocycles. The third-order valence-corrected chi connectivity index (χ3v) is 9.13. The molecule has 7 nitrogen and oxygen atoms in total. The van der Waals surface area contributed by atoms with Crippen molar-refractivity contribution in [1.29, 1.82) is 0 Å². The summed E-state index contributed by atoms with van der Waals surface area (Å²) in [5, 5.41) is 2.64. The monoisotopic (exact) mass is 523 g/mol. The SMILES string of the molecule is NC1C(=O)N2C(C(=O)OC(c3ccccc3)c3ccccc3)=C(NC(=O)SC3CCCCC3)CS[C@H]12. The van der Waals surface area contributed by atoms with Crippen molar-refractivity contribution in [3.8, 4) is 0 Å². The minimum atomic E-state index is -0.675. The molecular weight excluding hydrogens is 494 g/mol. The number of rotatable bonds is 6. The van der Waals surface area contributed by atoms with Gasteiger partial charge in [-0.25, -0.2) is 4.79 Å². The van der Waals surface area contributed by atoms with Crippen LogP contribution in [0.1, 0.15) is 49.3 Å². The molecule has 3 aliphatic rings. The van der Waals surface area contributed by atoms with E-state index in [-0.39, 0.29) is 27.5 Å². The van der Waals surface area contributed by atoms with Crippen LogP contribution in [-0.2, 0) is 14.3 Å². The number of benzene rings is 2. The Morgan fingerprint density at radius 3 is 2.22 bits per heavy atom. The Balaban J connectivity index is 1.42. The summed E-state index contributed by atoms with van der Waals surface area (Å²) in [6.07, 6.45) is 4.82. The number of amides is 2. The summed E-state index contributed by atoms with van der Waals surface area (Å²) in [5.74, 6) is -0.636. The number of nitrogens with one attached hydrogen (secondary N) is 1. The van der Waals surface area contributed by atoms with Crippen LogP contribution in [0.25, 0.3) is 0 Å². The van der Waals surface area contributed by atoms with Gasteiger partial charge in [-0.2, -0.15) is 0 Å². The molecule has 2 amide bonds. The third-order valence-electron chi connectivity index (χ3n) is 6.71. The van der Waals surface area contributed by atoms with Crippen molar-refractivity contribution in [3.63, 3.8) is 0 Å². The molecule has 2 atom stereocenters. The van der Waals surface area contributed by atoms with Gasteiger partial charge in [-0.15, -0.1) is 11.8 Å². The molecular formula is C27H29N3O4S2. The molecule has 0 radical (unpaired) electrons. The van der Waals surface area contributed by atoms with E-state index in [0.717, 1.165) is 36.8 Å². The molecule has 9 heteroatoms. The van der Waals surface area contributed by atoms with E-state index in [1.54, 1.807) is 0 Å². The number of fused-ring (bicyclic) bond motifs is 1. The van der Waals surface area contributed by atoms with Crippen molar-refractivity contribution in [3.05, 3.63) is 83.2 Å². The van der Waals surface area contributed by atoms with Crippen molar-refractivity contribution < 1.29 is 19.1 Å². The topological polar surface area (TPSA) is 102 Å². The van der Waals surface area contributed by atoms with Crippen LogP contribution in [0.3, 0.4) is 0 Å². The first-order valence-corrected chi connectivity index (χ1v) is 14.2. The fourth-order valence-electron chi connectivity index (χ4n) is 4.84. The zero-order valence-electron chi connectivity index (χ0n) is 19.8. The van der Waals surface area contributed by atoms with Gasteiger partial charge >= 0.3 is 5.97 Å². The van der Waals surface area contributed by atoms with Crippen molar-refractivity contribution in [2.24, 2.45) is 5.73 Å². The number of hydrogen-bond acceptors (Lipinski definition) is 7. The summed E-state index contributed by atoms with van der Waals surface area (Å²) in [7, 11) is 0. The number of β-lactam (4-membered cyclic amide) rings is 1. The molecule has 1 saturated heterocycles. The fourth-order valence-corrected chi connectivity index (χ4v) is 7.12. The molecule has 0 aromatic heterocycles. The standard InChI is InChI=1S/C27H29N3O4S2/c28-21-24(31)30-22(20(16-35-25(21)30)29-27(33)36-19-14-8-3-9-15-19)26(32)34-23(17-10-4-1-5-11-17)18-12-6-2-7-13-18/h1-2,4-7,10-13,19,21,23,25H,3,8-9,14-16,28H2,(H,29,33)/t21?,25-/m1/s1. The van der Waals surface area contributed by atoms with E-state index in [1.165, 1.54) is 34.8 Å². The predicted octanol–water partition coefficient (Wildman–Crippen LogP) is 4.55. The van der Waals surface area contributed by atoms with E-state index in [9.17, 15) is 14.4 Å². The second kappa shape index (κ2) is 11.1. The largest absolute Gasteiger partial charge is 0.448 e. The average Bonchev–Trinajstić information content (AvgIpc) is 2.92. The maximum absolute atomic E-state index is 13.7. The molecule has 2 aliphatic heterocycles. The molecule has 188 valence electrons. The lowest BCUT2D eigenvalue weighted by atomic mass is 10.0. The number of nitrogens with two attached hydrogens (primary N) is 1. The smallest absolute Gasteiger partial charge is 0.357 e. The average molecular weight is 524 g/mol. The van der Waals surface area contributed by atoms with Gasteiger partial charge in [0.2, 0.25) is 5.91 Å². The second-order valence-electron chi connectivity index (χ2n) is 9.16. The molecule has 2 fully saturated rings. The Hall–Kier alpha value is -2.75. The van der Waals surface area contributed by atoms with E-state index < -0.39 is 18.1 Å². The first kappa shape index (κ1) is 24.9. The minimum Gasteiger partial charge on any atom is -0.448 e. The Bertz CT molecular complexity index is 1110. The Labute approximate surface area is 219 Å². The molecule has 2 aromatic rings. The van der Waals surface area contributed by atoms with Crippen molar-refractivity contribution >= 4 is 40.6 Å². The van der Waals surface area contributed by atoms with E-state index in [2.05, 4.69) is 5.32 Å². The van der Waals surface area contributed by atoms with E-state index in [0.29, 0.717) is 11.4 Å². The van der Waals surface area contributed by atoms with Gasteiger partial charge in [0.25, 0.3) is 5.24 Å². The predicted molar refractivity (Wildman–Crippen MR) is 142 cm³/mol. The molecule has 5 rings (SSSR count). The maximum atomic E-state index is 13.7. The van der Waals surface area contributed by atoms with Crippen LogP contribution in [0, 0.1) is 0 Å². The van der Waals surface area contributed by atoms with Crippen molar-refractivity contribution in [2.45, 2.75) is 54.9 Å². The Kier molecular flexibility index (Phi) is 7.69. The van der Waals surface area contributed by atoms with E-state index in [1.807, 2.05) is 60.7 Å². The van der Waals surface area contributed by atoms with Gasteiger partial charge < -0.3 is 15.8 Å². The lowest BCUT2D eigenvalue weighted by Crippen LogP contribution is -2.69. The van der Waals surface area contributed by atoms with Crippen LogP contribution in [0.15, 0.2) is 72.1 Å². The van der Waals surface area contributed by atoms with Crippen LogP contribution >= 0.6 is 23.5 Å². The highest BCUT2D eigenvalue weighted by Crippen LogP contribution is 2.40. The van der Waals surface area contributed by atoms with Crippen LogP contribution in [0.5, 0.6) is 0 Å². The first-order valence-electron chi connectivity index (χ1n) is 12.2. The lowest BCUT2D eigenvalue weighted by Gasteiger charge is -2.48. The molecule has 2 heterocycles. The second-order valence-corrected chi connectivity index (χ2v) is 11.5. The summed E-state index contributed by atoms with van der Waals surface area (Å²) in [6.45, 7) is 0. The highest BCUT2D eigenvalue weighted by molar-refractivity contribution is 8.14. The minimum absolute atomic E-state index is 0.0832. The van der Waals surface area contributed by atoms with Crippen LogP contribution in [-0.4, -0.2) is 44.4 Å². The number of hydrogen-bond donors (Lipinski definition) is 2. The molecule has 0 bridgehead atoms. The summed E-state index contributed by atoms with van der Waals surface area (Å²) in [6, 6.07) is 18.3. The fraction of sp³-hybridized carbons (Fsp3) is 0.370. The number of carbonyl (C=O) groups is 3. The number of esters is 1. The normalized spacial score (nSPS) is 22.2. The van der Waals surface area contributed by atoms with E-state index >= 15 is 0 Å². The molecule has 36 heavy (non-hydrogen) atoms. The first-order chi connectivity index (χ1) is 17.5. The summed E-state index contributed by atoms with van der Waals surface area (Å²) < 4.78 is 6.06. The van der Waals surface area contributed by atoms with Crippen LogP contribution in [0.2, 0.25) is 0 Å². The van der Waals surface area contributed by atoms with Gasteiger partial charge in [-0.3, -0.25) is 14.5 Å². The molecule has 3 N–H and O–H groups in total. The number of thioether (sulfide) groups is 2. The zero-order valence-corrected chi connectivity index (χ0v) is 21.4. The van der Waals surface area contributed by atoms with Crippen LogP contribution in [0.4, 0.5) is 4.79 Å². The van der Waals surface area contributed by atoms with Gasteiger partial charge in [-0.05, 0) is 24.0 Å². The van der Waals surface area contributed by atoms with E-state index in [4.69, 9.17) is 10.5 Å². The number of carbonyl (C=O) groups excluding carboxylic acids is 3. The number of nitrogens with zero attached hydrogens (tertiary/aromatic N) is 1. The summed E-state index contributed by atoms with van der Waals surface area (Å²) in [5.41, 5.74) is 8.12. The highest BCUT2D eigenvalue weighted by Gasteiger charge is 2.52.